The lowest BCUT2D eigenvalue weighted by Gasteiger charge is -2.12. The van der Waals surface area contributed by atoms with Gasteiger partial charge in [0, 0.05) is 17.1 Å². The molecule has 0 fully saturated rings. The van der Waals surface area contributed by atoms with Gasteiger partial charge in [-0.2, -0.15) is 0 Å². The van der Waals surface area contributed by atoms with Crippen molar-refractivity contribution in [3.63, 3.8) is 0 Å². The van der Waals surface area contributed by atoms with Crippen LogP contribution < -0.4 is 9.47 Å². The Labute approximate surface area is 107 Å². The first-order valence-electron chi connectivity index (χ1n) is 6.28. The van der Waals surface area contributed by atoms with Crippen LogP contribution in [0.5, 0.6) is 11.5 Å². The van der Waals surface area contributed by atoms with Crippen molar-refractivity contribution in [2.45, 2.75) is 26.2 Å². The second kappa shape index (κ2) is 4.16. The number of benzene rings is 1. The summed E-state index contributed by atoms with van der Waals surface area (Å²) in [6.45, 7) is 2.18. The van der Waals surface area contributed by atoms with E-state index in [4.69, 9.17) is 14.5 Å². The van der Waals surface area contributed by atoms with Crippen LogP contribution in [0, 0.1) is 6.92 Å². The summed E-state index contributed by atoms with van der Waals surface area (Å²) in [5.41, 5.74) is 5.03. The maximum absolute atomic E-state index is 5.37. The van der Waals surface area contributed by atoms with Gasteiger partial charge in [0.1, 0.15) is 0 Å². The number of hydrogen-bond acceptors (Lipinski definition) is 3. The van der Waals surface area contributed by atoms with Crippen molar-refractivity contribution in [1.82, 2.24) is 4.98 Å². The van der Waals surface area contributed by atoms with E-state index in [0.29, 0.717) is 0 Å². The van der Waals surface area contributed by atoms with Gasteiger partial charge in [0.25, 0.3) is 0 Å². The molecule has 0 saturated heterocycles. The molecule has 1 aromatic heterocycles. The van der Waals surface area contributed by atoms with Gasteiger partial charge in [0.15, 0.2) is 11.5 Å². The molecule has 0 aliphatic heterocycles. The van der Waals surface area contributed by atoms with Gasteiger partial charge in [-0.25, -0.2) is 0 Å². The minimum atomic E-state index is 0.745. The summed E-state index contributed by atoms with van der Waals surface area (Å²) in [6.07, 6.45) is 3.46. The zero-order valence-electron chi connectivity index (χ0n) is 11.0. The molecule has 1 aliphatic carbocycles. The van der Waals surface area contributed by atoms with E-state index in [1.807, 2.05) is 12.1 Å². The molecule has 3 nitrogen and oxygen atoms in total. The monoisotopic (exact) mass is 243 g/mol. The summed E-state index contributed by atoms with van der Waals surface area (Å²) < 4.78 is 10.7. The molecule has 0 radical (unpaired) electrons. The number of aryl methyl sites for hydroxylation is 2. The lowest BCUT2D eigenvalue weighted by molar-refractivity contribution is 0.356. The number of ether oxygens (including phenoxy) is 2. The molecule has 3 heteroatoms. The predicted molar refractivity (Wildman–Crippen MR) is 71.6 cm³/mol. The van der Waals surface area contributed by atoms with Crippen LogP contribution in [0.15, 0.2) is 12.1 Å². The maximum Gasteiger partial charge on any atom is 0.162 e. The normalized spacial score (nSPS) is 13.7. The third-order valence-corrected chi connectivity index (χ3v) is 3.80. The van der Waals surface area contributed by atoms with Gasteiger partial charge in [-0.3, -0.25) is 4.98 Å². The Balaban J connectivity index is 2.33. The van der Waals surface area contributed by atoms with Crippen LogP contribution in [0.25, 0.3) is 10.9 Å². The molecule has 18 heavy (non-hydrogen) atoms. The van der Waals surface area contributed by atoms with Crippen molar-refractivity contribution in [2.75, 3.05) is 14.2 Å². The molecular formula is C15H17NO2. The molecule has 1 aromatic carbocycles. The molecule has 0 amide bonds. The molecule has 1 aliphatic rings. The Morgan fingerprint density at radius 2 is 1.78 bits per heavy atom. The molecule has 94 valence electrons. The topological polar surface area (TPSA) is 31.4 Å². The third-order valence-electron chi connectivity index (χ3n) is 3.80. The average molecular weight is 243 g/mol. The Hall–Kier alpha value is -1.77. The van der Waals surface area contributed by atoms with Gasteiger partial charge in [-0.1, -0.05) is 0 Å². The van der Waals surface area contributed by atoms with Crippen LogP contribution in [-0.2, 0) is 12.8 Å². The number of fused-ring (bicyclic) bond motifs is 2. The standard InChI is InChI=1S/C15H17NO2/c1-9-10-5-4-6-12(10)16-13-8-15(18-3)14(17-2)7-11(9)13/h7-8H,4-6H2,1-3H3. The van der Waals surface area contributed by atoms with E-state index in [9.17, 15) is 0 Å². The fourth-order valence-corrected chi connectivity index (χ4v) is 2.82. The highest BCUT2D eigenvalue weighted by Crippen LogP contribution is 2.36. The van der Waals surface area contributed by atoms with Crippen molar-refractivity contribution in [3.05, 3.63) is 29.0 Å². The number of rotatable bonds is 2. The predicted octanol–water partition coefficient (Wildman–Crippen LogP) is 3.05. The fourth-order valence-electron chi connectivity index (χ4n) is 2.82. The Bertz CT molecular complexity index is 620. The number of hydrogen-bond donors (Lipinski definition) is 0. The van der Waals surface area contributed by atoms with Crippen LogP contribution in [-0.4, -0.2) is 19.2 Å². The number of nitrogens with zero attached hydrogens (tertiary/aromatic N) is 1. The van der Waals surface area contributed by atoms with E-state index in [1.165, 1.54) is 28.6 Å². The minimum Gasteiger partial charge on any atom is -0.493 e. The molecule has 0 saturated carbocycles. The number of methoxy groups -OCH3 is 2. The minimum absolute atomic E-state index is 0.745. The van der Waals surface area contributed by atoms with Crippen molar-refractivity contribution in [1.29, 1.82) is 0 Å². The Morgan fingerprint density at radius 1 is 1.06 bits per heavy atom. The van der Waals surface area contributed by atoms with E-state index >= 15 is 0 Å². The number of aromatic nitrogens is 1. The van der Waals surface area contributed by atoms with Crippen molar-refractivity contribution in [2.24, 2.45) is 0 Å². The lowest BCUT2D eigenvalue weighted by Crippen LogP contribution is -1.97. The van der Waals surface area contributed by atoms with E-state index < -0.39 is 0 Å². The molecule has 3 rings (SSSR count). The second-order valence-corrected chi connectivity index (χ2v) is 4.74. The van der Waals surface area contributed by atoms with Gasteiger partial charge < -0.3 is 9.47 Å². The highest BCUT2D eigenvalue weighted by molar-refractivity contribution is 5.87. The molecule has 0 N–H and O–H groups in total. The van der Waals surface area contributed by atoms with Crippen LogP contribution in [0.3, 0.4) is 0 Å². The van der Waals surface area contributed by atoms with Gasteiger partial charge in [-0.15, -0.1) is 0 Å². The van der Waals surface area contributed by atoms with Crippen LogP contribution >= 0.6 is 0 Å². The van der Waals surface area contributed by atoms with Gasteiger partial charge in [-0.05, 0) is 43.4 Å². The molecule has 0 atom stereocenters. The van der Waals surface area contributed by atoms with E-state index in [1.54, 1.807) is 14.2 Å². The highest BCUT2D eigenvalue weighted by atomic mass is 16.5. The maximum atomic E-state index is 5.37. The van der Waals surface area contributed by atoms with E-state index in [0.717, 1.165) is 29.9 Å². The van der Waals surface area contributed by atoms with Gasteiger partial charge in [0.05, 0.1) is 19.7 Å². The number of pyridine rings is 1. The summed E-state index contributed by atoms with van der Waals surface area (Å²) in [4.78, 5) is 4.77. The van der Waals surface area contributed by atoms with Crippen LogP contribution in [0.2, 0.25) is 0 Å². The average Bonchev–Trinajstić information content (AvgIpc) is 2.86. The molecule has 0 spiro atoms. The summed E-state index contributed by atoms with van der Waals surface area (Å²) in [5, 5.41) is 1.17. The fraction of sp³-hybridized carbons (Fsp3) is 0.400. The van der Waals surface area contributed by atoms with Crippen LogP contribution in [0.1, 0.15) is 23.2 Å². The third kappa shape index (κ3) is 1.54. The van der Waals surface area contributed by atoms with Crippen molar-refractivity contribution >= 4 is 10.9 Å². The quantitative estimate of drug-likeness (QED) is 0.812. The summed E-state index contributed by atoms with van der Waals surface area (Å²) in [6, 6.07) is 4.01. The summed E-state index contributed by atoms with van der Waals surface area (Å²) in [5.74, 6) is 1.52. The summed E-state index contributed by atoms with van der Waals surface area (Å²) in [7, 11) is 3.32. The molecule has 1 heterocycles. The zero-order chi connectivity index (χ0) is 12.7. The first-order chi connectivity index (χ1) is 8.74. The van der Waals surface area contributed by atoms with E-state index in [2.05, 4.69) is 6.92 Å². The van der Waals surface area contributed by atoms with Crippen LogP contribution in [0.4, 0.5) is 0 Å². The van der Waals surface area contributed by atoms with Gasteiger partial charge in [0.2, 0.25) is 0 Å². The first-order valence-corrected chi connectivity index (χ1v) is 6.28. The Morgan fingerprint density at radius 3 is 2.50 bits per heavy atom. The molecular weight excluding hydrogens is 226 g/mol. The SMILES string of the molecule is COc1cc2nc3c(c(C)c2cc1OC)CCC3. The Kier molecular flexibility index (Phi) is 2.62. The molecule has 0 unspecified atom stereocenters. The van der Waals surface area contributed by atoms with Crippen molar-refractivity contribution in [3.8, 4) is 11.5 Å². The largest absolute Gasteiger partial charge is 0.493 e. The highest BCUT2D eigenvalue weighted by Gasteiger charge is 2.18. The second-order valence-electron chi connectivity index (χ2n) is 4.74. The smallest absolute Gasteiger partial charge is 0.162 e. The first kappa shape index (κ1) is 11.3. The lowest BCUT2D eigenvalue weighted by atomic mass is 10.0. The summed E-state index contributed by atoms with van der Waals surface area (Å²) >= 11 is 0. The van der Waals surface area contributed by atoms with E-state index in [-0.39, 0.29) is 0 Å². The van der Waals surface area contributed by atoms with Gasteiger partial charge >= 0.3 is 0 Å². The molecule has 0 bridgehead atoms. The van der Waals surface area contributed by atoms with Crippen molar-refractivity contribution < 1.29 is 9.47 Å². The zero-order valence-corrected chi connectivity index (χ0v) is 11.0. The molecule has 2 aromatic rings.